The number of carbonyl (C=O) groups is 1. The van der Waals surface area contributed by atoms with Crippen LogP contribution in [0.25, 0.3) is 0 Å². The Hall–Kier alpha value is -3.23. The van der Waals surface area contributed by atoms with Crippen LogP contribution >= 0.6 is 0 Å². The van der Waals surface area contributed by atoms with Crippen LogP contribution in [0, 0.1) is 17.7 Å². The predicted molar refractivity (Wildman–Crippen MR) is 148 cm³/mol. The highest BCUT2D eigenvalue weighted by Gasteiger charge is 2.36. The van der Waals surface area contributed by atoms with Gasteiger partial charge in [0.2, 0.25) is 10.0 Å². The Balaban J connectivity index is 1.12. The van der Waals surface area contributed by atoms with E-state index < -0.39 is 21.7 Å². The van der Waals surface area contributed by atoms with Gasteiger partial charge in [0, 0.05) is 25.1 Å². The fourth-order valence-electron chi connectivity index (χ4n) is 5.44. The molecule has 204 valence electrons. The molecule has 0 spiro atoms. The van der Waals surface area contributed by atoms with Gasteiger partial charge in [0.05, 0.1) is 24.0 Å². The Bertz CT molecular complexity index is 1390. The van der Waals surface area contributed by atoms with Crippen LogP contribution in [0.15, 0.2) is 72.8 Å². The van der Waals surface area contributed by atoms with E-state index in [1.165, 1.54) is 23.3 Å². The van der Waals surface area contributed by atoms with Crippen molar-refractivity contribution in [1.82, 2.24) is 9.62 Å². The highest BCUT2D eigenvalue weighted by atomic mass is 32.2. The molecule has 6 rings (SSSR count). The maximum absolute atomic E-state index is 15.0. The number of nitrogens with zero attached hydrogens (tertiary/aromatic N) is 1. The van der Waals surface area contributed by atoms with Crippen LogP contribution < -0.4 is 9.46 Å². The molecule has 3 aliphatic rings. The Labute approximate surface area is 229 Å². The average molecular weight is 549 g/mol. The third-order valence-corrected chi connectivity index (χ3v) is 9.22. The number of amides is 1. The minimum Gasteiger partial charge on any atom is -0.493 e. The molecule has 1 aliphatic heterocycles. The molecule has 1 saturated heterocycles. The van der Waals surface area contributed by atoms with Gasteiger partial charge >= 0.3 is 0 Å². The van der Waals surface area contributed by atoms with Gasteiger partial charge in [-0.3, -0.25) is 9.69 Å². The third kappa shape index (κ3) is 6.17. The van der Waals surface area contributed by atoms with E-state index in [9.17, 15) is 13.2 Å². The normalized spacial score (nSPS) is 18.1. The summed E-state index contributed by atoms with van der Waals surface area (Å²) in [6.45, 7) is 2.16. The summed E-state index contributed by atoms with van der Waals surface area (Å²) in [6.07, 6.45) is 3.57. The smallest absolute Gasteiger partial charge is 0.267 e. The van der Waals surface area contributed by atoms with Crippen molar-refractivity contribution in [2.75, 3.05) is 25.4 Å². The van der Waals surface area contributed by atoms with Crippen LogP contribution in [-0.2, 0) is 10.0 Å². The largest absolute Gasteiger partial charge is 0.493 e. The lowest BCUT2D eigenvalue weighted by Gasteiger charge is -2.44. The standard InChI is InChI=1S/C31H33FN2O4S/c32-28-16-29(26(23-13-14-23)15-27(28)31(35)33-39(36,37)20-21-11-12-21)38-19-22-17-34(18-22)30(24-7-3-1-4-8-24)25-9-5-2-6-10-25/h1-10,15-16,21-23,30H,11-14,17-20H2,(H,33,35). The van der Waals surface area contributed by atoms with Gasteiger partial charge in [-0.15, -0.1) is 0 Å². The number of benzene rings is 3. The monoisotopic (exact) mass is 548 g/mol. The number of rotatable bonds is 11. The number of ether oxygens (including phenoxy) is 1. The van der Waals surface area contributed by atoms with Crippen molar-refractivity contribution in [3.63, 3.8) is 0 Å². The van der Waals surface area contributed by atoms with E-state index in [0.29, 0.717) is 18.3 Å². The summed E-state index contributed by atoms with van der Waals surface area (Å²) in [5.74, 6) is -0.727. The van der Waals surface area contributed by atoms with E-state index >= 15 is 4.39 Å². The molecule has 2 aliphatic carbocycles. The van der Waals surface area contributed by atoms with Gasteiger partial charge in [0.25, 0.3) is 5.91 Å². The highest BCUT2D eigenvalue weighted by molar-refractivity contribution is 7.90. The first-order valence-corrected chi connectivity index (χ1v) is 15.4. The Morgan fingerprint density at radius 3 is 2.10 bits per heavy atom. The number of hydrogen-bond donors (Lipinski definition) is 1. The molecular formula is C31H33FN2O4S. The van der Waals surface area contributed by atoms with Gasteiger partial charge in [-0.2, -0.15) is 0 Å². The van der Waals surface area contributed by atoms with Crippen LogP contribution in [0.5, 0.6) is 5.75 Å². The van der Waals surface area contributed by atoms with Crippen molar-refractivity contribution < 1.29 is 22.3 Å². The van der Waals surface area contributed by atoms with E-state index in [0.717, 1.165) is 44.3 Å². The first-order valence-electron chi connectivity index (χ1n) is 13.7. The lowest BCUT2D eigenvalue weighted by Crippen LogP contribution is -2.51. The lowest BCUT2D eigenvalue weighted by atomic mass is 9.90. The Kier molecular flexibility index (Phi) is 7.16. The zero-order chi connectivity index (χ0) is 27.0. The second-order valence-corrected chi connectivity index (χ2v) is 12.9. The predicted octanol–water partition coefficient (Wildman–Crippen LogP) is 5.27. The van der Waals surface area contributed by atoms with Crippen molar-refractivity contribution >= 4 is 15.9 Å². The van der Waals surface area contributed by atoms with Gasteiger partial charge in [-0.05, 0) is 60.3 Å². The van der Waals surface area contributed by atoms with Crippen molar-refractivity contribution in [1.29, 1.82) is 0 Å². The molecule has 1 heterocycles. The molecule has 0 aromatic heterocycles. The number of likely N-dealkylation sites (tertiary alicyclic amines) is 1. The van der Waals surface area contributed by atoms with Crippen LogP contribution in [0.2, 0.25) is 0 Å². The number of hydrogen-bond acceptors (Lipinski definition) is 5. The van der Waals surface area contributed by atoms with Gasteiger partial charge in [-0.25, -0.2) is 17.5 Å². The molecule has 3 fully saturated rings. The zero-order valence-electron chi connectivity index (χ0n) is 21.8. The minimum atomic E-state index is -3.78. The second kappa shape index (κ2) is 10.7. The van der Waals surface area contributed by atoms with Crippen molar-refractivity contribution in [3.8, 4) is 5.75 Å². The van der Waals surface area contributed by atoms with Crippen LogP contribution in [0.3, 0.4) is 0 Å². The molecule has 3 aromatic carbocycles. The molecule has 3 aromatic rings. The Morgan fingerprint density at radius 2 is 1.54 bits per heavy atom. The average Bonchev–Trinajstić information content (AvgIpc) is 3.82. The lowest BCUT2D eigenvalue weighted by molar-refractivity contribution is 0.0375. The molecule has 0 radical (unpaired) electrons. The molecule has 1 N–H and O–H groups in total. The van der Waals surface area contributed by atoms with Gasteiger partial charge in [0.1, 0.15) is 11.6 Å². The molecule has 8 heteroatoms. The Morgan fingerprint density at radius 1 is 0.923 bits per heavy atom. The van der Waals surface area contributed by atoms with E-state index in [-0.39, 0.29) is 29.2 Å². The first-order chi connectivity index (χ1) is 18.9. The quantitative estimate of drug-likeness (QED) is 0.353. The van der Waals surface area contributed by atoms with Gasteiger partial charge in [-0.1, -0.05) is 60.7 Å². The molecular weight excluding hydrogens is 515 g/mol. The van der Waals surface area contributed by atoms with Crippen LogP contribution in [0.4, 0.5) is 4.39 Å². The summed E-state index contributed by atoms with van der Waals surface area (Å²) < 4.78 is 47.8. The van der Waals surface area contributed by atoms with Crippen molar-refractivity contribution in [3.05, 3.63) is 101 Å². The summed E-state index contributed by atoms with van der Waals surface area (Å²) in [5.41, 5.74) is 3.03. The molecule has 0 atom stereocenters. The zero-order valence-corrected chi connectivity index (χ0v) is 22.6. The van der Waals surface area contributed by atoms with E-state index in [1.807, 2.05) is 16.9 Å². The summed E-state index contributed by atoms with van der Waals surface area (Å²) >= 11 is 0. The van der Waals surface area contributed by atoms with Gasteiger partial charge in [0.15, 0.2) is 0 Å². The topological polar surface area (TPSA) is 75.7 Å². The van der Waals surface area contributed by atoms with E-state index in [2.05, 4.69) is 53.4 Å². The summed E-state index contributed by atoms with van der Waals surface area (Å²) in [6, 6.07) is 23.8. The van der Waals surface area contributed by atoms with Crippen LogP contribution in [-0.4, -0.2) is 44.7 Å². The molecule has 0 bridgehead atoms. The number of sulfonamides is 1. The van der Waals surface area contributed by atoms with E-state index in [4.69, 9.17) is 4.74 Å². The maximum Gasteiger partial charge on any atom is 0.267 e. The summed E-state index contributed by atoms with van der Waals surface area (Å²) in [5, 5.41) is 0. The third-order valence-electron chi connectivity index (χ3n) is 7.82. The molecule has 0 unspecified atom stereocenters. The number of carbonyl (C=O) groups excluding carboxylic acids is 1. The first kappa shape index (κ1) is 26.0. The second-order valence-electron chi connectivity index (χ2n) is 11.2. The SMILES string of the molecule is O=C(NS(=O)(=O)CC1CC1)c1cc(C2CC2)c(OCC2CN(C(c3ccccc3)c3ccccc3)C2)cc1F. The number of nitrogens with one attached hydrogen (secondary N) is 1. The van der Waals surface area contributed by atoms with E-state index in [1.54, 1.807) is 0 Å². The fourth-order valence-corrected chi connectivity index (χ4v) is 6.86. The summed E-state index contributed by atoms with van der Waals surface area (Å²) in [4.78, 5) is 15.1. The summed E-state index contributed by atoms with van der Waals surface area (Å²) in [7, 11) is -3.78. The minimum absolute atomic E-state index is 0.0924. The van der Waals surface area contributed by atoms with Crippen LogP contribution in [0.1, 0.15) is 64.7 Å². The molecule has 1 amide bonds. The fraction of sp³-hybridized carbons (Fsp3) is 0.387. The maximum atomic E-state index is 15.0. The van der Waals surface area contributed by atoms with Crippen molar-refractivity contribution in [2.45, 2.75) is 37.6 Å². The molecule has 39 heavy (non-hydrogen) atoms. The molecule has 6 nitrogen and oxygen atoms in total. The van der Waals surface area contributed by atoms with Gasteiger partial charge < -0.3 is 4.74 Å². The van der Waals surface area contributed by atoms with Crippen molar-refractivity contribution in [2.24, 2.45) is 11.8 Å². The number of halogens is 1. The molecule has 2 saturated carbocycles. The highest BCUT2D eigenvalue weighted by Crippen LogP contribution is 2.45.